The van der Waals surface area contributed by atoms with E-state index in [0.717, 1.165) is 0 Å². The Hall–Kier alpha value is -4.61. The highest BCUT2D eigenvalue weighted by Crippen LogP contribution is 2.21. The van der Waals surface area contributed by atoms with Crippen LogP contribution in [0.4, 0.5) is 11.4 Å². The molecule has 12 heteroatoms. The molecule has 0 saturated carbocycles. The quantitative estimate of drug-likeness (QED) is 0.279. The molecule has 170 valence electrons. The lowest BCUT2D eigenvalue weighted by molar-refractivity contribution is -0.126. The van der Waals surface area contributed by atoms with E-state index >= 15 is 0 Å². The van der Waals surface area contributed by atoms with Crippen LogP contribution in [0.5, 0.6) is 0 Å². The normalized spacial score (nSPS) is 11.8. The number of H-pyrrole nitrogens is 2. The lowest BCUT2D eigenvalue weighted by Gasteiger charge is -2.10. The number of carbonyl (C=O) groups excluding carboxylic acids is 4. The van der Waals surface area contributed by atoms with Gasteiger partial charge in [0.25, 0.3) is 5.91 Å². The second kappa shape index (κ2) is 9.68. The average molecular weight is 453 g/mol. The SMILES string of the molecule is COC(=O)c1cc(N=NC(C(C)=O)C(=O)Nc2ccc3[nH]c(=O)[nH]c3c2)cc(C(=O)OC)c1. The molecule has 3 rings (SSSR count). The van der Waals surface area contributed by atoms with Crippen molar-refractivity contribution in [2.75, 3.05) is 19.5 Å². The van der Waals surface area contributed by atoms with Gasteiger partial charge in [-0.05, 0) is 43.3 Å². The number of esters is 2. The number of aromatic amines is 2. The van der Waals surface area contributed by atoms with Gasteiger partial charge in [-0.1, -0.05) is 0 Å². The van der Waals surface area contributed by atoms with E-state index in [9.17, 15) is 24.0 Å². The number of benzene rings is 2. The first-order valence-electron chi connectivity index (χ1n) is 9.47. The molecule has 0 aliphatic carbocycles. The van der Waals surface area contributed by atoms with Crippen LogP contribution in [0.25, 0.3) is 11.0 Å². The van der Waals surface area contributed by atoms with Crippen LogP contribution in [-0.4, -0.2) is 53.9 Å². The smallest absolute Gasteiger partial charge is 0.337 e. The highest BCUT2D eigenvalue weighted by molar-refractivity contribution is 6.10. The number of anilines is 1. The van der Waals surface area contributed by atoms with Gasteiger partial charge in [-0.15, -0.1) is 0 Å². The van der Waals surface area contributed by atoms with Crippen LogP contribution in [0.3, 0.4) is 0 Å². The largest absolute Gasteiger partial charge is 0.465 e. The van der Waals surface area contributed by atoms with Crippen molar-refractivity contribution in [1.82, 2.24) is 9.97 Å². The fourth-order valence-electron chi connectivity index (χ4n) is 2.90. The van der Waals surface area contributed by atoms with E-state index in [-0.39, 0.29) is 16.8 Å². The predicted octanol–water partition coefficient (Wildman–Crippen LogP) is 2.11. The molecule has 0 bridgehead atoms. The van der Waals surface area contributed by atoms with Crippen molar-refractivity contribution in [2.24, 2.45) is 10.2 Å². The van der Waals surface area contributed by atoms with Crippen molar-refractivity contribution in [3.63, 3.8) is 0 Å². The Morgan fingerprint density at radius 1 is 0.909 bits per heavy atom. The molecule has 12 nitrogen and oxygen atoms in total. The standard InChI is InChI=1S/C21H19N5O7/c1-10(27)17(18(28)22-13-4-5-15-16(9-13)24-21(31)23-15)26-25-14-7-11(19(29)32-2)6-12(8-14)20(30)33-3/h4-9,17H,1-3H3,(H,22,28)(H2,23,24,31). The van der Waals surface area contributed by atoms with Crippen molar-refractivity contribution in [3.05, 3.63) is 58.0 Å². The van der Waals surface area contributed by atoms with Gasteiger partial charge in [-0.2, -0.15) is 10.2 Å². The van der Waals surface area contributed by atoms with E-state index in [1.165, 1.54) is 45.4 Å². The Morgan fingerprint density at radius 3 is 2.09 bits per heavy atom. The maximum Gasteiger partial charge on any atom is 0.337 e. The van der Waals surface area contributed by atoms with Gasteiger partial charge in [0.2, 0.25) is 6.04 Å². The fraction of sp³-hybridized carbons (Fsp3) is 0.190. The summed E-state index contributed by atoms with van der Waals surface area (Å²) in [6.07, 6.45) is 0. The van der Waals surface area contributed by atoms with Crippen molar-refractivity contribution in [2.45, 2.75) is 13.0 Å². The lowest BCUT2D eigenvalue weighted by Crippen LogP contribution is -2.31. The molecule has 33 heavy (non-hydrogen) atoms. The lowest BCUT2D eigenvalue weighted by atomic mass is 10.1. The number of ether oxygens (including phenoxy) is 2. The number of aromatic nitrogens is 2. The maximum absolute atomic E-state index is 12.6. The number of amides is 1. The first-order chi connectivity index (χ1) is 15.7. The molecule has 1 amide bonds. The number of imidazole rings is 1. The molecule has 0 saturated heterocycles. The number of hydrogen-bond acceptors (Lipinski definition) is 9. The summed E-state index contributed by atoms with van der Waals surface area (Å²) in [6, 6.07) is 6.96. The molecule has 0 spiro atoms. The predicted molar refractivity (Wildman–Crippen MR) is 116 cm³/mol. The number of hydrogen-bond donors (Lipinski definition) is 3. The molecule has 1 atom stereocenters. The summed E-state index contributed by atoms with van der Waals surface area (Å²) in [5, 5.41) is 10.2. The molecule has 2 aromatic carbocycles. The highest BCUT2D eigenvalue weighted by Gasteiger charge is 2.24. The van der Waals surface area contributed by atoms with Gasteiger partial charge in [0.15, 0.2) is 5.78 Å². The molecular formula is C21H19N5O7. The van der Waals surface area contributed by atoms with E-state index in [1.54, 1.807) is 12.1 Å². The average Bonchev–Trinajstić information content (AvgIpc) is 3.16. The first-order valence-corrected chi connectivity index (χ1v) is 9.47. The molecule has 0 radical (unpaired) electrons. The topological polar surface area (TPSA) is 172 Å². The molecule has 0 aliphatic rings. The third-order valence-corrected chi connectivity index (χ3v) is 4.47. The number of fused-ring (bicyclic) bond motifs is 1. The Morgan fingerprint density at radius 2 is 1.52 bits per heavy atom. The zero-order valence-electron chi connectivity index (χ0n) is 17.8. The monoisotopic (exact) mass is 453 g/mol. The Bertz CT molecular complexity index is 1300. The van der Waals surface area contributed by atoms with E-state index in [2.05, 4.69) is 35.0 Å². The van der Waals surface area contributed by atoms with Crippen molar-refractivity contribution in [1.29, 1.82) is 0 Å². The zero-order valence-corrected chi connectivity index (χ0v) is 17.8. The van der Waals surface area contributed by atoms with Gasteiger partial charge in [0, 0.05) is 5.69 Å². The Kier molecular flexibility index (Phi) is 6.77. The molecule has 1 unspecified atom stereocenters. The third kappa shape index (κ3) is 5.36. The zero-order chi connectivity index (χ0) is 24.1. The summed E-state index contributed by atoms with van der Waals surface area (Å²) in [4.78, 5) is 65.0. The molecule has 1 heterocycles. The van der Waals surface area contributed by atoms with Crippen LogP contribution in [-0.2, 0) is 19.1 Å². The number of methoxy groups -OCH3 is 2. The van der Waals surface area contributed by atoms with Crippen molar-refractivity contribution in [3.8, 4) is 0 Å². The minimum atomic E-state index is -1.51. The summed E-state index contributed by atoms with van der Waals surface area (Å²) in [5.41, 5.74) is 0.985. The van der Waals surface area contributed by atoms with Crippen LogP contribution < -0.4 is 11.0 Å². The van der Waals surface area contributed by atoms with Crippen LogP contribution in [0.2, 0.25) is 0 Å². The number of ketones is 1. The van der Waals surface area contributed by atoms with Crippen LogP contribution in [0.1, 0.15) is 27.6 Å². The maximum atomic E-state index is 12.6. The minimum Gasteiger partial charge on any atom is -0.465 e. The summed E-state index contributed by atoms with van der Waals surface area (Å²) in [6.45, 7) is 1.17. The van der Waals surface area contributed by atoms with Crippen molar-refractivity contribution < 1.29 is 28.7 Å². The molecule has 0 aliphatic heterocycles. The second-order valence-corrected chi connectivity index (χ2v) is 6.81. The number of rotatable bonds is 7. The molecule has 3 N–H and O–H groups in total. The summed E-state index contributed by atoms with van der Waals surface area (Å²) in [5.74, 6) is -2.81. The van der Waals surface area contributed by atoms with Gasteiger partial charge in [-0.3, -0.25) is 9.59 Å². The van der Waals surface area contributed by atoms with E-state index in [0.29, 0.717) is 16.7 Å². The first kappa shape index (κ1) is 23.1. The molecule has 1 aromatic heterocycles. The molecule has 0 fully saturated rings. The van der Waals surface area contributed by atoms with Crippen LogP contribution in [0, 0.1) is 0 Å². The van der Waals surface area contributed by atoms with Gasteiger partial charge >= 0.3 is 17.6 Å². The highest BCUT2D eigenvalue weighted by atomic mass is 16.5. The minimum absolute atomic E-state index is 0.00646. The number of carbonyl (C=O) groups is 4. The number of azo groups is 1. The van der Waals surface area contributed by atoms with E-state index in [1.807, 2.05) is 0 Å². The Labute approximate surface area is 186 Å². The summed E-state index contributed by atoms with van der Waals surface area (Å²) < 4.78 is 9.31. The van der Waals surface area contributed by atoms with Crippen LogP contribution in [0.15, 0.2) is 51.4 Å². The number of Topliss-reactive ketones (excluding diaryl/α,β-unsaturated/α-hetero) is 1. The van der Waals surface area contributed by atoms with Gasteiger partial charge in [0.1, 0.15) is 0 Å². The third-order valence-electron chi connectivity index (χ3n) is 4.47. The number of nitrogens with one attached hydrogen (secondary N) is 3. The summed E-state index contributed by atoms with van der Waals surface area (Å²) in [7, 11) is 2.34. The van der Waals surface area contributed by atoms with Crippen LogP contribution >= 0.6 is 0 Å². The fourth-order valence-corrected chi connectivity index (χ4v) is 2.90. The van der Waals surface area contributed by atoms with E-state index < -0.39 is 35.4 Å². The number of nitrogens with zero attached hydrogens (tertiary/aromatic N) is 2. The van der Waals surface area contributed by atoms with Gasteiger partial charge in [0.05, 0.1) is 42.1 Å². The second-order valence-electron chi connectivity index (χ2n) is 6.81. The molecule has 3 aromatic rings. The summed E-state index contributed by atoms with van der Waals surface area (Å²) >= 11 is 0. The van der Waals surface area contributed by atoms with Gasteiger partial charge in [-0.25, -0.2) is 14.4 Å². The van der Waals surface area contributed by atoms with Crippen molar-refractivity contribution >= 4 is 46.0 Å². The molecular weight excluding hydrogens is 434 g/mol. The Balaban J connectivity index is 1.87. The van der Waals surface area contributed by atoms with E-state index in [4.69, 9.17) is 0 Å². The van der Waals surface area contributed by atoms with Gasteiger partial charge < -0.3 is 24.8 Å².